The molecule has 3 heterocycles. The third-order valence-electron chi connectivity index (χ3n) is 6.64. The summed E-state index contributed by atoms with van der Waals surface area (Å²) >= 11 is 7.18. The number of unbranched alkanes of at least 4 members (excludes halogenated alkanes) is 1. The van der Waals surface area contributed by atoms with Crippen LogP contribution in [0.25, 0.3) is 5.70 Å². The number of para-hydroxylation sites is 1. The first kappa shape index (κ1) is 22.6. The van der Waals surface area contributed by atoms with Crippen molar-refractivity contribution in [2.75, 3.05) is 11.4 Å². The maximum absolute atomic E-state index is 6.78. The number of hydrogen-bond donors (Lipinski definition) is 0. The minimum Gasteiger partial charge on any atom is -0.480 e. The average molecular weight is 592 g/mol. The molecule has 5 nitrogen and oxygen atoms in total. The zero-order valence-corrected chi connectivity index (χ0v) is 22.4. The van der Waals surface area contributed by atoms with Gasteiger partial charge in [-0.2, -0.15) is 10.1 Å². The highest BCUT2D eigenvalue weighted by Crippen LogP contribution is 2.52. The summed E-state index contributed by atoms with van der Waals surface area (Å²) in [5, 5.41) is 4.74. The number of rotatable bonds is 5. The summed E-state index contributed by atoms with van der Waals surface area (Å²) in [6.45, 7) is 3.08. The van der Waals surface area contributed by atoms with Gasteiger partial charge in [0.2, 0.25) is 5.95 Å². The van der Waals surface area contributed by atoms with Crippen LogP contribution in [0.15, 0.2) is 93.6 Å². The number of halogens is 2. The molecule has 0 fully saturated rings. The van der Waals surface area contributed by atoms with Crippen LogP contribution in [0.3, 0.4) is 0 Å². The van der Waals surface area contributed by atoms with Crippen molar-refractivity contribution in [2.45, 2.75) is 31.9 Å². The van der Waals surface area contributed by atoms with E-state index in [1.54, 1.807) is 6.33 Å². The lowest BCUT2D eigenvalue weighted by atomic mass is 9.84. The number of ether oxygens (including phenoxy) is 1. The molecule has 0 saturated heterocycles. The van der Waals surface area contributed by atoms with Crippen molar-refractivity contribution >= 4 is 43.5 Å². The van der Waals surface area contributed by atoms with Crippen molar-refractivity contribution in [3.8, 4) is 5.75 Å². The Balaban J connectivity index is 1.65. The summed E-state index contributed by atoms with van der Waals surface area (Å²) in [5.74, 6) is 1.76. The fourth-order valence-electron chi connectivity index (χ4n) is 5.04. The largest absolute Gasteiger partial charge is 0.480 e. The topological polar surface area (TPSA) is 43.2 Å². The van der Waals surface area contributed by atoms with Crippen molar-refractivity contribution in [1.29, 1.82) is 0 Å². The molecule has 35 heavy (non-hydrogen) atoms. The molecule has 176 valence electrons. The second-order valence-electron chi connectivity index (χ2n) is 8.81. The van der Waals surface area contributed by atoms with E-state index in [0.29, 0.717) is 0 Å². The Labute approximate surface area is 221 Å². The monoisotopic (exact) mass is 590 g/mol. The number of hydrogen-bond acceptors (Lipinski definition) is 4. The molecule has 1 aromatic heterocycles. The lowest BCUT2D eigenvalue weighted by Gasteiger charge is -2.43. The van der Waals surface area contributed by atoms with Crippen molar-refractivity contribution in [1.82, 2.24) is 14.8 Å². The van der Waals surface area contributed by atoms with Crippen LogP contribution in [0.4, 0.5) is 5.95 Å². The van der Waals surface area contributed by atoms with E-state index in [4.69, 9.17) is 14.8 Å². The molecule has 4 aromatic rings. The first-order chi connectivity index (χ1) is 17.2. The average Bonchev–Trinajstić information content (AvgIpc) is 3.37. The first-order valence-electron chi connectivity index (χ1n) is 11.8. The number of nitrogens with zero attached hydrogens (tertiary/aromatic N) is 4. The second kappa shape index (κ2) is 9.28. The molecule has 2 aliphatic rings. The Bertz CT molecular complexity index is 1400. The van der Waals surface area contributed by atoms with Crippen LogP contribution in [0.1, 0.15) is 48.6 Å². The number of anilines is 1. The van der Waals surface area contributed by atoms with Gasteiger partial charge >= 0.3 is 0 Å². The van der Waals surface area contributed by atoms with Gasteiger partial charge in [0.15, 0.2) is 0 Å². The van der Waals surface area contributed by atoms with Crippen molar-refractivity contribution in [3.63, 3.8) is 0 Å². The summed E-state index contributed by atoms with van der Waals surface area (Å²) < 4.78 is 10.9. The van der Waals surface area contributed by atoms with E-state index in [1.165, 1.54) is 11.3 Å². The van der Waals surface area contributed by atoms with E-state index >= 15 is 0 Å². The summed E-state index contributed by atoms with van der Waals surface area (Å²) in [5.41, 5.74) is 5.72. The van der Waals surface area contributed by atoms with E-state index in [0.717, 1.165) is 56.7 Å². The highest BCUT2D eigenvalue weighted by atomic mass is 79.9. The molecule has 0 spiro atoms. The van der Waals surface area contributed by atoms with Gasteiger partial charge in [0.25, 0.3) is 0 Å². The smallest absolute Gasteiger partial charge is 0.229 e. The highest BCUT2D eigenvalue weighted by molar-refractivity contribution is 9.10. The number of fused-ring (bicyclic) bond motifs is 3. The molecule has 0 N–H and O–H groups in total. The van der Waals surface area contributed by atoms with Crippen LogP contribution in [0, 0.1) is 0 Å². The maximum atomic E-state index is 6.78. The van der Waals surface area contributed by atoms with E-state index in [9.17, 15) is 0 Å². The minimum absolute atomic E-state index is 0.143. The number of aromatic nitrogens is 3. The second-order valence-corrected chi connectivity index (χ2v) is 10.6. The molecule has 2 atom stereocenters. The van der Waals surface area contributed by atoms with Gasteiger partial charge in [-0.3, -0.25) is 0 Å². The van der Waals surface area contributed by atoms with E-state index in [1.807, 2.05) is 6.07 Å². The third-order valence-corrected chi connectivity index (χ3v) is 7.70. The molecule has 3 aromatic carbocycles. The molecular weight excluding hydrogens is 568 g/mol. The fourth-order valence-corrected chi connectivity index (χ4v) is 5.57. The molecule has 0 aliphatic carbocycles. The van der Waals surface area contributed by atoms with Crippen LogP contribution >= 0.6 is 31.9 Å². The summed E-state index contributed by atoms with van der Waals surface area (Å²) in [4.78, 5) is 7.09. The predicted octanol–water partition coefficient (Wildman–Crippen LogP) is 7.56. The molecular formula is C28H24Br2N4O. The van der Waals surface area contributed by atoms with Gasteiger partial charge in [-0.15, -0.1) is 0 Å². The summed E-state index contributed by atoms with van der Waals surface area (Å²) in [6, 6.07) is 25.1. The Hall–Kier alpha value is -2.90. The highest BCUT2D eigenvalue weighted by Gasteiger charge is 2.43. The SMILES string of the molecule is CCCCN1C2=C([C@H](c3ccc(Br)cc3)n3ncnc31)[C@@H](c1ccc(Br)cc1)Oc1ccccc12. The van der Waals surface area contributed by atoms with Crippen molar-refractivity contribution < 1.29 is 4.74 Å². The van der Waals surface area contributed by atoms with Gasteiger partial charge in [0.1, 0.15) is 24.2 Å². The van der Waals surface area contributed by atoms with Crippen molar-refractivity contribution in [2.24, 2.45) is 0 Å². The lowest BCUT2D eigenvalue weighted by molar-refractivity contribution is 0.221. The lowest BCUT2D eigenvalue weighted by Crippen LogP contribution is -2.39. The zero-order chi connectivity index (χ0) is 23.9. The van der Waals surface area contributed by atoms with Crippen molar-refractivity contribution in [3.05, 3.63) is 110 Å². The van der Waals surface area contributed by atoms with Crippen LogP contribution in [-0.4, -0.2) is 21.3 Å². The summed E-state index contributed by atoms with van der Waals surface area (Å²) in [6.07, 6.45) is 3.55. The summed E-state index contributed by atoms with van der Waals surface area (Å²) in [7, 11) is 0. The standard InChI is InChI=1S/C28H24Br2N4O/c1-2-3-16-33-26-22-6-4-5-7-23(22)35-27(19-10-14-21(30)15-11-19)24(26)25(34-28(33)31-17-32-34)18-8-12-20(29)13-9-18/h4-15,17,25,27H,2-3,16H2,1H3/t25-,27+/m0/s1. The molecule has 0 bridgehead atoms. The molecule has 6 rings (SSSR count). The fraction of sp³-hybridized carbons (Fsp3) is 0.214. The van der Waals surface area contributed by atoms with E-state index < -0.39 is 0 Å². The molecule has 2 aliphatic heterocycles. The first-order valence-corrected chi connectivity index (χ1v) is 13.4. The molecule has 7 heteroatoms. The van der Waals surface area contributed by atoms with E-state index in [-0.39, 0.29) is 12.1 Å². The Kier molecular flexibility index (Phi) is 5.98. The van der Waals surface area contributed by atoms with Gasteiger partial charge in [-0.05, 0) is 53.9 Å². The Morgan fingerprint density at radius 3 is 2.29 bits per heavy atom. The van der Waals surface area contributed by atoms with Crippen LogP contribution in [0.5, 0.6) is 5.75 Å². The van der Waals surface area contributed by atoms with E-state index in [2.05, 4.69) is 115 Å². The van der Waals surface area contributed by atoms with Gasteiger partial charge in [0.05, 0.1) is 5.70 Å². The molecule has 0 unspecified atom stereocenters. The molecule has 0 radical (unpaired) electrons. The minimum atomic E-state index is -0.261. The maximum Gasteiger partial charge on any atom is 0.229 e. The van der Waals surface area contributed by atoms with Gasteiger partial charge in [-0.25, -0.2) is 4.68 Å². The third kappa shape index (κ3) is 3.91. The van der Waals surface area contributed by atoms with Gasteiger partial charge in [0, 0.05) is 26.6 Å². The number of benzene rings is 3. The Morgan fingerprint density at radius 1 is 0.886 bits per heavy atom. The zero-order valence-electron chi connectivity index (χ0n) is 19.2. The van der Waals surface area contributed by atoms with Gasteiger partial charge in [-0.1, -0.05) is 81.6 Å². The van der Waals surface area contributed by atoms with Crippen LogP contribution < -0.4 is 9.64 Å². The predicted molar refractivity (Wildman–Crippen MR) is 145 cm³/mol. The van der Waals surface area contributed by atoms with Crippen LogP contribution in [0.2, 0.25) is 0 Å². The van der Waals surface area contributed by atoms with Gasteiger partial charge < -0.3 is 9.64 Å². The quantitative estimate of drug-likeness (QED) is 0.240. The molecule has 0 saturated carbocycles. The van der Waals surface area contributed by atoms with Crippen LogP contribution in [-0.2, 0) is 0 Å². The Morgan fingerprint density at radius 2 is 1.57 bits per heavy atom. The normalized spacial score (nSPS) is 18.5. The molecule has 0 amide bonds.